The van der Waals surface area contributed by atoms with Crippen LogP contribution in [0.5, 0.6) is 0 Å². The molecule has 120 valence electrons. The SMILES string of the molecule is CN(C)[C@H](CN)C(=O)Nc1ccc(N2CCOCC2=O)cc1. The fraction of sp³-hybridized carbons (Fsp3) is 0.467. The molecule has 0 bridgehead atoms. The third-order valence-corrected chi connectivity index (χ3v) is 3.58. The van der Waals surface area contributed by atoms with Crippen LogP contribution < -0.4 is 16.0 Å². The molecule has 1 saturated heterocycles. The number of nitrogens with zero attached hydrogens (tertiary/aromatic N) is 2. The summed E-state index contributed by atoms with van der Waals surface area (Å²) in [5.41, 5.74) is 7.08. The number of amides is 2. The van der Waals surface area contributed by atoms with Gasteiger partial charge in [-0.3, -0.25) is 14.5 Å². The summed E-state index contributed by atoms with van der Waals surface area (Å²) >= 11 is 0. The maximum atomic E-state index is 12.1. The largest absolute Gasteiger partial charge is 0.370 e. The number of anilines is 2. The Balaban J connectivity index is 2.02. The molecule has 7 nitrogen and oxygen atoms in total. The summed E-state index contributed by atoms with van der Waals surface area (Å²) in [4.78, 5) is 27.3. The highest BCUT2D eigenvalue weighted by molar-refractivity contribution is 5.97. The summed E-state index contributed by atoms with van der Waals surface area (Å²) in [5, 5.41) is 2.83. The fourth-order valence-corrected chi connectivity index (χ4v) is 2.29. The minimum Gasteiger partial charge on any atom is -0.370 e. The van der Waals surface area contributed by atoms with Crippen molar-refractivity contribution in [3.8, 4) is 0 Å². The van der Waals surface area contributed by atoms with Crippen LogP contribution >= 0.6 is 0 Å². The number of ether oxygens (including phenoxy) is 1. The van der Waals surface area contributed by atoms with Crippen LogP contribution in [-0.2, 0) is 14.3 Å². The van der Waals surface area contributed by atoms with Crippen LogP contribution in [0.4, 0.5) is 11.4 Å². The zero-order valence-electron chi connectivity index (χ0n) is 12.9. The van der Waals surface area contributed by atoms with Gasteiger partial charge in [0.2, 0.25) is 5.91 Å². The Labute approximate surface area is 130 Å². The topological polar surface area (TPSA) is 87.9 Å². The number of nitrogens with two attached hydrogens (primary N) is 1. The van der Waals surface area contributed by atoms with E-state index in [0.29, 0.717) is 18.8 Å². The van der Waals surface area contributed by atoms with Crippen LogP contribution in [0.3, 0.4) is 0 Å². The van der Waals surface area contributed by atoms with Crippen molar-refractivity contribution in [2.24, 2.45) is 5.73 Å². The number of morpholine rings is 1. The van der Waals surface area contributed by atoms with Crippen LogP contribution in [0.25, 0.3) is 0 Å². The number of carbonyl (C=O) groups is 2. The molecule has 1 aromatic carbocycles. The first kappa shape index (κ1) is 16.4. The van der Waals surface area contributed by atoms with Crippen molar-refractivity contribution in [1.82, 2.24) is 4.90 Å². The number of rotatable bonds is 5. The minimum absolute atomic E-state index is 0.0566. The number of nitrogens with one attached hydrogen (secondary N) is 1. The molecule has 7 heteroatoms. The Hall–Kier alpha value is -1.96. The second-order valence-electron chi connectivity index (χ2n) is 5.35. The third kappa shape index (κ3) is 3.82. The van der Waals surface area contributed by atoms with Gasteiger partial charge < -0.3 is 20.7 Å². The van der Waals surface area contributed by atoms with Gasteiger partial charge in [0.1, 0.15) is 12.6 Å². The molecule has 1 heterocycles. The van der Waals surface area contributed by atoms with E-state index in [1.807, 2.05) is 26.2 Å². The lowest BCUT2D eigenvalue weighted by Crippen LogP contribution is -2.44. The van der Waals surface area contributed by atoms with Crippen LogP contribution in [0.2, 0.25) is 0 Å². The Bertz CT molecular complexity index is 530. The van der Waals surface area contributed by atoms with Gasteiger partial charge in [-0.05, 0) is 38.4 Å². The molecule has 2 rings (SSSR count). The van der Waals surface area contributed by atoms with Crippen LogP contribution in [-0.4, -0.2) is 63.2 Å². The van der Waals surface area contributed by atoms with E-state index in [0.717, 1.165) is 5.69 Å². The van der Waals surface area contributed by atoms with Crippen LogP contribution in [0.1, 0.15) is 0 Å². The normalized spacial score (nSPS) is 16.7. The highest BCUT2D eigenvalue weighted by Gasteiger charge is 2.21. The molecule has 1 fully saturated rings. The predicted octanol–water partition coefficient (Wildman–Crippen LogP) is -0.123. The van der Waals surface area contributed by atoms with Crippen molar-refractivity contribution in [3.05, 3.63) is 24.3 Å². The lowest BCUT2D eigenvalue weighted by molar-refractivity contribution is -0.125. The number of likely N-dealkylation sites (N-methyl/N-ethyl adjacent to an activating group) is 1. The summed E-state index contributed by atoms with van der Waals surface area (Å²) in [6, 6.07) is 6.80. The molecule has 0 aliphatic carbocycles. The van der Waals surface area contributed by atoms with Crippen molar-refractivity contribution >= 4 is 23.2 Å². The van der Waals surface area contributed by atoms with Gasteiger partial charge in [-0.25, -0.2) is 0 Å². The highest BCUT2D eigenvalue weighted by Crippen LogP contribution is 2.19. The zero-order valence-corrected chi connectivity index (χ0v) is 12.9. The molecule has 2 amide bonds. The summed E-state index contributed by atoms with van der Waals surface area (Å²) < 4.78 is 5.11. The Morgan fingerprint density at radius 2 is 2.09 bits per heavy atom. The van der Waals surface area contributed by atoms with Crippen molar-refractivity contribution in [2.45, 2.75) is 6.04 Å². The van der Waals surface area contributed by atoms with Crippen molar-refractivity contribution in [3.63, 3.8) is 0 Å². The minimum atomic E-state index is -0.375. The smallest absolute Gasteiger partial charge is 0.253 e. The fourth-order valence-electron chi connectivity index (χ4n) is 2.29. The van der Waals surface area contributed by atoms with Crippen molar-refractivity contribution < 1.29 is 14.3 Å². The average Bonchev–Trinajstić information content (AvgIpc) is 2.49. The lowest BCUT2D eigenvalue weighted by atomic mass is 10.2. The van der Waals surface area contributed by atoms with Gasteiger partial charge in [0.05, 0.1) is 6.61 Å². The predicted molar refractivity (Wildman–Crippen MR) is 84.8 cm³/mol. The van der Waals surface area contributed by atoms with E-state index in [2.05, 4.69) is 5.32 Å². The zero-order chi connectivity index (χ0) is 16.1. The molecule has 1 atom stereocenters. The molecule has 0 radical (unpaired) electrons. The van der Waals surface area contributed by atoms with E-state index in [1.54, 1.807) is 21.9 Å². The molecular weight excluding hydrogens is 284 g/mol. The Kier molecular flexibility index (Phi) is 5.48. The van der Waals surface area contributed by atoms with Gasteiger partial charge in [0.15, 0.2) is 0 Å². The van der Waals surface area contributed by atoms with E-state index >= 15 is 0 Å². The summed E-state index contributed by atoms with van der Waals surface area (Å²) in [5.74, 6) is -0.207. The third-order valence-electron chi connectivity index (χ3n) is 3.58. The van der Waals surface area contributed by atoms with E-state index in [1.165, 1.54) is 0 Å². The van der Waals surface area contributed by atoms with Crippen LogP contribution in [0.15, 0.2) is 24.3 Å². The van der Waals surface area contributed by atoms with Gasteiger partial charge >= 0.3 is 0 Å². The maximum absolute atomic E-state index is 12.1. The molecule has 0 saturated carbocycles. The van der Waals surface area contributed by atoms with E-state index in [-0.39, 0.29) is 31.0 Å². The summed E-state index contributed by atoms with van der Waals surface area (Å²) in [7, 11) is 3.62. The van der Waals surface area contributed by atoms with Gasteiger partial charge in [0, 0.05) is 24.5 Å². The average molecular weight is 306 g/mol. The molecule has 22 heavy (non-hydrogen) atoms. The second kappa shape index (κ2) is 7.35. The number of benzene rings is 1. The van der Waals surface area contributed by atoms with Crippen LogP contribution in [0, 0.1) is 0 Å². The molecule has 1 aromatic rings. The summed E-state index contributed by atoms with van der Waals surface area (Å²) in [6.07, 6.45) is 0. The number of hydrogen-bond acceptors (Lipinski definition) is 5. The van der Waals surface area contributed by atoms with Gasteiger partial charge in [-0.15, -0.1) is 0 Å². The monoisotopic (exact) mass is 306 g/mol. The molecule has 0 unspecified atom stereocenters. The first-order valence-corrected chi connectivity index (χ1v) is 7.18. The number of carbonyl (C=O) groups excluding carboxylic acids is 2. The highest BCUT2D eigenvalue weighted by atomic mass is 16.5. The summed E-state index contributed by atoms with van der Waals surface area (Å²) in [6.45, 7) is 1.43. The van der Waals surface area contributed by atoms with Gasteiger partial charge in [-0.2, -0.15) is 0 Å². The second-order valence-corrected chi connectivity index (χ2v) is 5.35. The molecule has 0 aromatic heterocycles. The van der Waals surface area contributed by atoms with Crippen molar-refractivity contribution in [2.75, 3.05) is 50.6 Å². The molecular formula is C15H22N4O3. The molecule has 3 N–H and O–H groups in total. The maximum Gasteiger partial charge on any atom is 0.253 e. The van der Waals surface area contributed by atoms with E-state index < -0.39 is 0 Å². The first-order chi connectivity index (χ1) is 10.5. The Morgan fingerprint density at radius 1 is 1.41 bits per heavy atom. The van der Waals surface area contributed by atoms with E-state index in [4.69, 9.17) is 10.5 Å². The molecule has 0 spiro atoms. The molecule has 1 aliphatic rings. The van der Waals surface area contributed by atoms with Gasteiger partial charge in [0.25, 0.3) is 5.91 Å². The standard InChI is InChI=1S/C15H22N4O3/c1-18(2)13(9-16)15(21)17-11-3-5-12(6-4-11)19-7-8-22-10-14(19)20/h3-6,13H,7-10,16H2,1-2H3,(H,17,21)/t13-/m1/s1. The van der Waals surface area contributed by atoms with Crippen molar-refractivity contribution in [1.29, 1.82) is 0 Å². The molecule has 1 aliphatic heterocycles. The lowest BCUT2D eigenvalue weighted by Gasteiger charge is -2.27. The quantitative estimate of drug-likeness (QED) is 0.792. The number of hydrogen-bond donors (Lipinski definition) is 2. The Morgan fingerprint density at radius 3 is 2.64 bits per heavy atom. The van der Waals surface area contributed by atoms with Gasteiger partial charge in [-0.1, -0.05) is 0 Å². The first-order valence-electron chi connectivity index (χ1n) is 7.18. The van der Waals surface area contributed by atoms with E-state index in [9.17, 15) is 9.59 Å².